The van der Waals surface area contributed by atoms with Gasteiger partial charge in [0.15, 0.2) is 0 Å². The molecule has 2 aromatic heterocycles. The lowest BCUT2D eigenvalue weighted by molar-refractivity contribution is -0.394. The highest BCUT2D eigenvalue weighted by atomic mass is 35.5. The monoisotopic (exact) mass is 301 g/mol. The molecule has 0 saturated carbocycles. The van der Waals surface area contributed by atoms with Crippen LogP contribution in [0.15, 0.2) is 35.1 Å². The van der Waals surface area contributed by atoms with E-state index in [-0.39, 0.29) is 5.69 Å². The van der Waals surface area contributed by atoms with Crippen LogP contribution in [0.5, 0.6) is 0 Å². The zero-order valence-electron chi connectivity index (χ0n) is 11.3. The first-order chi connectivity index (χ1) is 10.3. The molecule has 1 aromatic carbocycles. The Kier molecular flexibility index (Phi) is 2.82. The smallest absolute Gasteiger partial charge is 0.233 e. The number of aromatic nitrogens is 4. The van der Waals surface area contributed by atoms with Crippen LogP contribution >= 0.6 is 11.6 Å². The van der Waals surface area contributed by atoms with Crippen LogP contribution < -0.4 is 10.7 Å². The van der Waals surface area contributed by atoms with Gasteiger partial charge in [-0.3, -0.25) is 0 Å². The van der Waals surface area contributed by atoms with Crippen molar-refractivity contribution >= 4 is 17.2 Å². The molecule has 0 fully saturated rings. The maximum atomic E-state index is 12.6. The van der Waals surface area contributed by atoms with Gasteiger partial charge in [0.1, 0.15) is 5.69 Å². The first-order valence-corrected chi connectivity index (χ1v) is 7.43. The molecule has 0 amide bonds. The molecule has 1 N–H and O–H groups in total. The van der Waals surface area contributed by atoms with Crippen molar-refractivity contribution in [2.45, 2.75) is 25.7 Å². The molecule has 1 aliphatic rings. The van der Waals surface area contributed by atoms with Crippen LogP contribution in [0.2, 0.25) is 5.28 Å². The molecule has 4 rings (SSSR count). The molecule has 0 spiro atoms. The van der Waals surface area contributed by atoms with Gasteiger partial charge in [0.25, 0.3) is 5.65 Å². The Morgan fingerprint density at radius 3 is 2.71 bits per heavy atom. The van der Waals surface area contributed by atoms with Crippen LogP contribution in [0, 0.1) is 0 Å². The van der Waals surface area contributed by atoms with Gasteiger partial charge in [0, 0.05) is 18.0 Å². The van der Waals surface area contributed by atoms with E-state index >= 15 is 0 Å². The quantitative estimate of drug-likeness (QED) is 0.644. The number of aromatic amines is 1. The summed E-state index contributed by atoms with van der Waals surface area (Å²) in [5.74, 6) is 0. The lowest BCUT2D eigenvalue weighted by Gasteiger charge is -2.11. The largest absolute Gasteiger partial charge is 0.444 e. The summed E-state index contributed by atoms with van der Waals surface area (Å²) in [5.41, 5.74) is 3.38. The van der Waals surface area contributed by atoms with Gasteiger partial charge < -0.3 is 0 Å². The highest BCUT2D eigenvalue weighted by Gasteiger charge is 2.27. The second-order valence-electron chi connectivity index (χ2n) is 5.27. The predicted octanol–water partition coefficient (Wildman–Crippen LogP) is 1.83. The molecule has 6 heteroatoms. The first-order valence-electron chi connectivity index (χ1n) is 7.05. The van der Waals surface area contributed by atoms with E-state index < -0.39 is 0 Å². The first kappa shape index (κ1) is 12.6. The van der Waals surface area contributed by atoms with Crippen LogP contribution in [0.25, 0.3) is 11.3 Å². The maximum Gasteiger partial charge on any atom is 0.444 e. The molecule has 5 nitrogen and oxygen atoms in total. The Morgan fingerprint density at radius 1 is 1.14 bits per heavy atom. The second-order valence-corrected chi connectivity index (χ2v) is 5.63. The standard InChI is InChI=1S/C15H13ClN4O/c16-14-17-12-9-5-4-8-11(12)13-18-20(15(21)19(13)14)10-6-2-1-3-7-10/h1-3,6-7H,4-5,8-9H2/p+1. The molecule has 106 valence electrons. The van der Waals surface area contributed by atoms with Crippen LogP contribution in [0.3, 0.4) is 0 Å². The van der Waals surface area contributed by atoms with E-state index in [0.29, 0.717) is 10.9 Å². The summed E-state index contributed by atoms with van der Waals surface area (Å²) in [6.45, 7) is 0. The maximum absolute atomic E-state index is 12.6. The fourth-order valence-corrected chi connectivity index (χ4v) is 3.21. The minimum atomic E-state index is -0.245. The highest BCUT2D eigenvalue weighted by Crippen LogP contribution is 2.22. The van der Waals surface area contributed by atoms with Crippen molar-refractivity contribution in [2.24, 2.45) is 0 Å². The SMILES string of the molecule is O=c1n(-c2ccccc2)nc2c3c([nH+]c(Cl)n12)CCCC3. The Labute approximate surface area is 125 Å². The molecule has 0 aliphatic heterocycles. The number of H-pyrrole nitrogens is 1. The number of aryl methyl sites for hydroxylation is 2. The number of nitrogens with one attached hydrogen (secondary N) is 1. The van der Waals surface area contributed by atoms with Gasteiger partial charge in [-0.05, 0) is 31.4 Å². The van der Waals surface area contributed by atoms with Crippen LogP contribution in [-0.4, -0.2) is 14.2 Å². The summed E-state index contributed by atoms with van der Waals surface area (Å²) in [6, 6.07) is 9.40. The van der Waals surface area contributed by atoms with E-state index in [4.69, 9.17) is 11.6 Å². The van der Waals surface area contributed by atoms with Crippen molar-refractivity contribution in [3.63, 3.8) is 0 Å². The second kappa shape index (κ2) is 4.70. The fourth-order valence-electron chi connectivity index (χ4n) is 2.95. The Morgan fingerprint density at radius 2 is 1.90 bits per heavy atom. The van der Waals surface area contributed by atoms with E-state index in [1.807, 2.05) is 30.3 Å². The summed E-state index contributed by atoms with van der Waals surface area (Å²) in [7, 11) is 0. The zero-order chi connectivity index (χ0) is 14.4. The Bertz CT molecular complexity index is 882. The predicted molar refractivity (Wildman–Crippen MR) is 79.0 cm³/mol. The van der Waals surface area contributed by atoms with Gasteiger partial charge in [-0.15, -0.1) is 9.50 Å². The minimum Gasteiger partial charge on any atom is -0.233 e. The molecular weight excluding hydrogens is 288 g/mol. The van der Waals surface area contributed by atoms with Gasteiger partial charge >= 0.3 is 11.0 Å². The molecule has 0 saturated heterocycles. The molecule has 21 heavy (non-hydrogen) atoms. The topological polar surface area (TPSA) is 53.4 Å². The summed E-state index contributed by atoms with van der Waals surface area (Å²) >= 11 is 6.25. The zero-order valence-corrected chi connectivity index (χ0v) is 12.1. The van der Waals surface area contributed by atoms with Gasteiger partial charge in [0.05, 0.1) is 11.3 Å². The van der Waals surface area contributed by atoms with E-state index in [2.05, 4.69) is 10.1 Å². The van der Waals surface area contributed by atoms with Gasteiger partial charge in [0.2, 0.25) is 0 Å². The van der Waals surface area contributed by atoms with Crippen molar-refractivity contribution in [1.82, 2.24) is 14.2 Å². The van der Waals surface area contributed by atoms with E-state index in [1.165, 1.54) is 9.08 Å². The molecule has 0 bridgehead atoms. The van der Waals surface area contributed by atoms with Crippen molar-refractivity contribution in [3.05, 3.63) is 57.4 Å². The van der Waals surface area contributed by atoms with E-state index in [9.17, 15) is 4.79 Å². The third kappa shape index (κ3) is 1.88. The molecule has 1 aliphatic carbocycles. The average Bonchev–Trinajstić information content (AvgIpc) is 2.87. The van der Waals surface area contributed by atoms with Crippen LogP contribution in [0.1, 0.15) is 24.1 Å². The molecule has 0 radical (unpaired) electrons. The summed E-state index contributed by atoms with van der Waals surface area (Å²) in [4.78, 5) is 15.7. The highest BCUT2D eigenvalue weighted by molar-refractivity contribution is 6.27. The lowest BCUT2D eigenvalue weighted by Crippen LogP contribution is -2.27. The third-order valence-corrected chi connectivity index (χ3v) is 4.23. The van der Waals surface area contributed by atoms with Crippen molar-refractivity contribution in [1.29, 1.82) is 0 Å². The molecule has 0 atom stereocenters. The van der Waals surface area contributed by atoms with Crippen LogP contribution in [-0.2, 0) is 12.8 Å². The molecule has 2 heterocycles. The number of hydrogen-bond acceptors (Lipinski definition) is 2. The number of rotatable bonds is 1. The van der Waals surface area contributed by atoms with Gasteiger partial charge in [-0.1, -0.05) is 18.2 Å². The van der Waals surface area contributed by atoms with Gasteiger partial charge in [-0.2, -0.15) is 4.68 Å². The molecular formula is C15H14ClN4O+. The Balaban J connectivity index is 2.06. The Hall–Kier alpha value is -2.14. The van der Waals surface area contributed by atoms with E-state index in [0.717, 1.165) is 42.6 Å². The summed E-state index contributed by atoms with van der Waals surface area (Å²) in [5, 5.41) is 4.84. The van der Waals surface area contributed by atoms with Crippen molar-refractivity contribution < 1.29 is 4.98 Å². The minimum absolute atomic E-state index is 0.245. The average molecular weight is 302 g/mol. The third-order valence-electron chi connectivity index (χ3n) is 3.97. The molecule has 3 aromatic rings. The number of halogens is 1. The number of nitrogens with zero attached hydrogens (tertiary/aromatic N) is 3. The van der Waals surface area contributed by atoms with E-state index in [1.54, 1.807) is 0 Å². The van der Waals surface area contributed by atoms with Crippen molar-refractivity contribution in [3.8, 4) is 5.69 Å². The number of fused-ring (bicyclic) bond motifs is 3. The molecule has 0 unspecified atom stereocenters. The van der Waals surface area contributed by atoms with Crippen molar-refractivity contribution in [2.75, 3.05) is 0 Å². The number of benzene rings is 1. The lowest BCUT2D eigenvalue weighted by atomic mass is 9.97. The fraction of sp³-hybridized carbons (Fsp3) is 0.267. The van der Waals surface area contributed by atoms with Crippen LogP contribution in [0.4, 0.5) is 0 Å². The summed E-state index contributed by atoms with van der Waals surface area (Å²) < 4.78 is 2.86. The summed E-state index contributed by atoms with van der Waals surface area (Å²) in [6.07, 6.45) is 4.14. The number of hydrogen-bond donors (Lipinski definition) is 0. The van der Waals surface area contributed by atoms with Gasteiger partial charge in [-0.25, -0.2) is 9.78 Å². The normalized spacial score (nSPS) is 14.3. The number of para-hydroxylation sites is 1.